The highest BCUT2D eigenvalue weighted by atomic mass is 16.5. The number of para-hydroxylation sites is 2. The summed E-state index contributed by atoms with van der Waals surface area (Å²) < 4.78 is 10.5. The molecule has 0 saturated carbocycles. The number of ether oxygens (including phenoxy) is 2. The average molecular weight is 377 g/mol. The van der Waals surface area contributed by atoms with Gasteiger partial charge in [0.2, 0.25) is 0 Å². The van der Waals surface area contributed by atoms with Gasteiger partial charge < -0.3 is 14.8 Å². The van der Waals surface area contributed by atoms with E-state index >= 15 is 0 Å². The summed E-state index contributed by atoms with van der Waals surface area (Å²) in [6, 6.07) is 19.4. The topological polar surface area (TPSA) is 72.0 Å². The van der Waals surface area contributed by atoms with Crippen LogP contribution in [0.2, 0.25) is 0 Å². The molecule has 0 spiro atoms. The first-order valence-corrected chi connectivity index (χ1v) is 8.89. The van der Waals surface area contributed by atoms with E-state index in [0.29, 0.717) is 5.75 Å². The zero-order valence-corrected chi connectivity index (χ0v) is 16.2. The molecule has 1 amide bonds. The Hall–Kier alpha value is -3.54. The van der Waals surface area contributed by atoms with E-state index < -0.39 is 0 Å². The number of hydrazone groups is 1. The van der Waals surface area contributed by atoms with E-state index in [1.165, 1.54) is 0 Å². The summed E-state index contributed by atoms with van der Waals surface area (Å²) in [6.45, 7) is 1.95. The van der Waals surface area contributed by atoms with Gasteiger partial charge in [0.1, 0.15) is 11.5 Å². The molecule has 0 fully saturated rings. The summed E-state index contributed by atoms with van der Waals surface area (Å²) in [5.41, 5.74) is 5.00. The molecular weight excluding hydrogens is 354 g/mol. The molecule has 3 aromatic rings. The van der Waals surface area contributed by atoms with Crippen molar-refractivity contribution in [2.45, 2.75) is 6.92 Å². The molecule has 0 radical (unpaired) electrons. The number of amides is 1. The second-order valence-electron chi connectivity index (χ2n) is 6.21. The minimum atomic E-state index is -0.240. The lowest BCUT2D eigenvalue weighted by molar-refractivity contribution is -0.119. The molecule has 6 nitrogen and oxygen atoms in total. The van der Waals surface area contributed by atoms with Gasteiger partial charge >= 0.3 is 0 Å². The first-order valence-electron chi connectivity index (χ1n) is 8.89. The second kappa shape index (κ2) is 8.90. The molecule has 144 valence electrons. The molecule has 0 saturated heterocycles. The summed E-state index contributed by atoms with van der Waals surface area (Å²) >= 11 is 0. The minimum Gasteiger partial charge on any atom is -0.497 e. The van der Waals surface area contributed by atoms with Crippen molar-refractivity contribution in [2.75, 3.05) is 26.1 Å². The van der Waals surface area contributed by atoms with Gasteiger partial charge in [-0.25, -0.2) is 5.43 Å². The molecule has 6 heteroatoms. The standard InChI is InChI=1S/C22H23N3O3/c1-15(16-8-9-18-13-19(27-2)11-10-17(18)12-16)24-25-22(26)14-23-20-6-4-5-7-21(20)28-3/h4-13,23H,14H2,1-3H3,(H,25,26)/b24-15-. The summed E-state index contributed by atoms with van der Waals surface area (Å²) in [6.07, 6.45) is 0. The van der Waals surface area contributed by atoms with E-state index in [4.69, 9.17) is 9.47 Å². The Labute approximate surface area is 164 Å². The molecule has 3 aromatic carbocycles. The second-order valence-corrected chi connectivity index (χ2v) is 6.21. The van der Waals surface area contributed by atoms with Crippen LogP contribution in [0.4, 0.5) is 5.69 Å². The molecular formula is C22H23N3O3. The predicted molar refractivity (Wildman–Crippen MR) is 112 cm³/mol. The quantitative estimate of drug-likeness (QED) is 0.485. The Morgan fingerprint density at radius 2 is 1.71 bits per heavy atom. The van der Waals surface area contributed by atoms with Crippen molar-refractivity contribution < 1.29 is 14.3 Å². The maximum atomic E-state index is 12.1. The van der Waals surface area contributed by atoms with Gasteiger partial charge in [-0.15, -0.1) is 0 Å². The van der Waals surface area contributed by atoms with Crippen LogP contribution in [-0.4, -0.2) is 32.4 Å². The Bertz CT molecular complexity index is 1010. The number of hydrogen-bond donors (Lipinski definition) is 2. The van der Waals surface area contributed by atoms with Crippen LogP contribution in [0.1, 0.15) is 12.5 Å². The summed E-state index contributed by atoms with van der Waals surface area (Å²) in [7, 11) is 3.24. The number of nitrogens with zero attached hydrogens (tertiary/aromatic N) is 1. The van der Waals surface area contributed by atoms with Crippen LogP contribution >= 0.6 is 0 Å². The third kappa shape index (κ3) is 4.59. The van der Waals surface area contributed by atoms with Gasteiger partial charge in [0, 0.05) is 0 Å². The van der Waals surface area contributed by atoms with Crippen molar-refractivity contribution in [3.05, 3.63) is 66.2 Å². The molecule has 0 heterocycles. The number of rotatable bonds is 7. The van der Waals surface area contributed by atoms with Crippen LogP contribution < -0.4 is 20.2 Å². The van der Waals surface area contributed by atoms with Gasteiger partial charge in [0.15, 0.2) is 0 Å². The normalized spacial score (nSPS) is 11.2. The van der Waals surface area contributed by atoms with Crippen LogP contribution in [0.3, 0.4) is 0 Å². The maximum Gasteiger partial charge on any atom is 0.259 e. The third-order valence-corrected chi connectivity index (χ3v) is 4.36. The molecule has 0 unspecified atom stereocenters. The lowest BCUT2D eigenvalue weighted by Crippen LogP contribution is -2.26. The minimum absolute atomic E-state index is 0.0919. The van der Waals surface area contributed by atoms with Crippen LogP contribution in [-0.2, 0) is 4.79 Å². The van der Waals surface area contributed by atoms with E-state index in [-0.39, 0.29) is 12.5 Å². The van der Waals surface area contributed by atoms with Crippen molar-refractivity contribution in [3.8, 4) is 11.5 Å². The van der Waals surface area contributed by atoms with E-state index in [9.17, 15) is 4.79 Å². The van der Waals surface area contributed by atoms with Crippen molar-refractivity contribution in [1.82, 2.24) is 5.43 Å². The largest absolute Gasteiger partial charge is 0.497 e. The number of carbonyl (C=O) groups excluding carboxylic acids is 1. The maximum absolute atomic E-state index is 12.1. The zero-order chi connectivity index (χ0) is 19.9. The smallest absolute Gasteiger partial charge is 0.259 e. The van der Waals surface area contributed by atoms with Gasteiger partial charge in [-0.1, -0.05) is 30.3 Å². The first-order chi connectivity index (χ1) is 13.6. The first kappa shape index (κ1) is 19.2. The van der Waals surface area contributed by atoms with E-state index in [1.807, 2.05) is 67.6 Å². The van der Waals surface area contributed by atoms with Crippen molar-refractivity contribution >= 4 is 28.1 Å². The highest BCUT2D eigenvalue weighted by Gasteiger charge is 2.06. The number of fused-ring (bicyclic) bond motifs is 1. The molecule has 0 aromatic heterocycles. The van der Waals surface area contributed by atoms with Crippen molar-refractivity contribution in [3.63, 3.8) is 0 Å². The van der Waals surface area contributed by atoms with Crippen LogP contribution in [0, 0.1) is 0 Å². The van der Waals surface area contributed by atoms with E-state index in [1.54, 1.807) is 14.2 Å². The number of hydrogen-bond acceptors (Lipinski definition) is 5. The molecule has 28 heavy (non-hydrogen) atoms. The van der Waals surface area contributed by atoms with Crippen LogP contribution in [0.5, 0.6) is 11.5 Å². The lowest BCUT2D eigenvalue weighted by atomic mass is 10.0. The fraction of sp³-hybridized carbons (Fsp3) is 0.182. The number of nitrogens with one attached hydrogen (secondary N) is 2. The number of methoxy groups -OCH3 is 2. The Kier molecular flexibility index (Phi) is 6.11. The van der Waals surface area contributed by atoms with E-state index in [0.717, 1.165) is 33.5 Å². The molecule has 0 aliphatic carbocycles. The summed E-state index contributed by atoms with van der Waals surface area (Å²) in [4.78, 5) is 12.1. The fourth-order valence-electron chi connectivity index (χ4n) is 2.79. The molecule has 0 atom stereocenters. The number of benzene rings is 3. The van der Waals surface area contributed by atoms with Gasteiger partial charge in [0.05, 0.1) is 32.2 Å². The van der Waals surface area contributed by atoms with Crippen molar-refractivity contribution in [2.24, 2.45) is 5.10 Å². The Morgan fingerprint density at radius 3 is 2.50 bits per heavy atom. The lowest BCUT2D eigenvalue weighted by Gasteiger charge is -2.10. The Balaban J connectivity index is 1.63. The third-order valence-electron chi connectivity index (χ3n) is 4.36. The highest BCUT2D eigenvalue weighted by molar-refractivity contribution is 6.02. The fourth-order valence-corrected chi connectivity index (χ4v) is 2.79. The van der Waals surface area contributed by atoms with E-state index in [2.05, 4.69) is 15.8 Å². The van der Waals surface area contributed by atoms with Crippen LogP contribution in [0.15, 0.2) is 65.8 Å². The summed E-state index contributed by atoms with van der Waals surface area (Å²) in [5.74, 6) is 1.26. The molecule has 0 bridgehead atoms. The highest BCUT2D eigenvalue weighted by Crippen LogP contribution is 2.23. The van der Waals surface area contributed by atoms with Crippen molar-refractivity contribution in [1.29, 1.82) is 0 Å². The SMILES string of the molecule is COc1ccc2cc(/C(C)=N\NC(=O)CNc3ccccc3OC)ccc2c1. The monoisotopic (exact) mass is 377 g/mol. The zero-order valence-electron chi connectivity index (χ0n) is 16.2. The Morgan fingerprint density at radius 1 is 0.964 bits per heavy atom. The molecule has 2 N–H and O–H groups in total. The average Bonchev–Trinajstić information content (AvgIpc) is 2.75. The van der Waals surface area contributed by atoms with Gasteiger partial charge in [-0.3, -0.25) is 4.79 Å². The van der Waals surface area contributed by atoms with Gasteiger partial charge in [0.25, 0.3) is 5.91 Å². The molecule has 0 aliphatic heterocycles. The number of anilines is 1. The van der Waals surface area contributed by atoms with Gasteiger partial charge in [-0.05, 0) is 53.6 Å². The summed E-state index contributed by atoms with van der Waals surface area (Å²) in [5, 5.41) is 9.42. The molecule has 0 aliphatic rings. The van der Waals surface area contributed by atoms with Gasteiger partial charge in [-0.2, -0.15) is 5.10 Å². The number of carbonyl (C=O) groups is 1. The predicted octanol–water partition coefficient (Wildman–Crippen LogP) is 3.81. The van der Waals surface area contributed by atoms with Crippen LogP contribution in [0.25, 0.3) is 10.8 Å². The molecule has 3 rings (SSSR count).